The van der Waals surface area contributed by atoms with E-state index in [2.05, 4.69) is 51.1 Å². The van der Waals surface area contributed by atoms with Crippen molar-refractivity contribution in [3.63, 3.8) is 0 Å². The van der Waals surface area contributed by atoms with Crippen molar-refractivity contribution in [2.24, 2.45) is 0 Å². The van der Waals surface area contributed by atoms with Crippen LogP contribution in [0, 0.1) is 0 Å². The summed E-state index contributed by atoms with van der Waals surface area (Å²) < 4.78 is 1.20. The van der Waals surface area contributed by atoms with E-state index in [1.54, 1.807) is 0 Å². The maximum absolute atomic E-state index is 2.29. The number of hydrogen-bond donors (Lipinski definition) is 0. The summed E-state index contributed by atoms with van der Waals surface area (Å²) in [5.41, 5.74) is 1.46. The maximum atomic E-state index is 2.29. The Balaban J connectivity index is 0. The number of halogens is 1. The minimum Gasteiger partial charge on any atom is -1.00 e. The number of nitrogens with zero attached hydrogens (tertiary/aromatic N) is 1. The molecular formula is C13H24BrNO. The summed E-state index contributed by atoms with van der Waals surface area (Å²) in [5, 5.41) is 0. The Morgan fingerprint density at radius 3 is 1.69 bits per heavy atom. The van der Waals surface area contributed by atoms with E-state index in [0.29, 0.717) is 0 Å². The Kier molecular flexibility index (Phi) is 9.83. The Morgan fingerprint density at radius 1 is 0.875 bits per heavy atom. The highest BCUT2D eigenvalue weighted by atomic mass is 79.9. The molecule has 0 radical (unpaired) electrons. The lowest BCUT2D eigenvalue weighted by atomic mass is 10.2. The molecule has 0 aliphatic heterocycles. The van der Waals surface area contributed by atoms with Gasteiger partial charge in [-0.15, -0.1) is 0 Å². The molecule has 0 bridgehead atoms. The molecule has 16 heavy (non-hydrogen) atoms. The first-order valence-electron chi connectivity index (χ1n) is 5.65. The van der Waals surface area contributed by atoms with Crippen molar-refractivity contribution in [2.75, 3.05) is 19.6 Å². The summed E-state index contributed by atoms with van der Waals surface area (Å²) in [4.78, 5) is 0. The molecule has 0 amide bonds. The largest absolute Gasteiger partial charge is 1.00 e. The highest BCUT2D eigenvalue weighted by molar-refractivity contribution is 5.13. The minimum atomic E-state index is 0. The molecular weight excluding hydrogens is 266 g/mol. The predicted molar refractivity (Wildman–Crippen MR) is 65.6 cm³/mol. The highest BCUT2D eigenvalue weighted by Gasteiger charge is 2.20. The van der Waals surface area contributed by atoms with E-state index in [1.165, 1.54) is 36.2 Å². The Morgan fingerprint density at radius 2 is 1.31 bits per heavy atom. The SMILES string of the molecule is CC[N+](CC)(CC)Cc1ccccc1.O.[Br-]. The molecule has 0 heterocycles. The van der Waals surface area contributed by atoms with Gasteiger partial charge in [0.25, 0.3) is 0 Å². The molecule has 0 aliphatic carbocycles. The number of rotatable bonds is 5. The first-order valence-corrected chi connectivity index (χ1v) is 5.65. The van der Waals surface area contributed by atoms with Crippen molar-refractivity contribution < 1.29 is 26.9 Å². The molecule has 1 aromatic carbocycles. The fraction of sp³-hybridized carbons (Fsp3) is 0.538. The maximum Gasteiger partial charge on any atom is 0.104 e. The van der Waals surface area contributed by atoms with Crippen LogP contribution < -0.4 is 17.0 Å². The average Bonchev–Trinajstić information content (AvgIpc) is 2.28. The summed E-state index contributed by atoms with van der Waals surface area (Å²) in [5.74, 6) is 0. The molecule has 0 saturated carbocycles. The molecule has 3 heteroatoms. The Hall–Kier alpha value is -0.380. The highest BCUT2D eigenvalue weighted by Crippen LogP contribution is 2.13. The third kappa shape index (κ3) is 4.64. The van der Waals surface area contributed by atoms with Gasteiger partial charge in [0.15, 0.2) is 0 Å². The van der Waals surface area contributed by atoms with Crippen LogP contribution in [0.25, 0.3) is 0 Å². The molecule has 0 aliphatic rings. The first-order chi connectivity index (χ1) is 6.76. The zero-order valence-corrected chi connectivity index (χ0v) is 12.1. The van der Waals surface area contributed by atoms with Gasteiger partial charge < -0.3 is 26.9 Å². The fourth-order valence-electron chi connectivity index (χ4n) is 1.98. The van der Waals surface area contributed by atoms with Crippen LogP contribution in [-0.4, -0.2) is 29.6 Å². The topological polar surface area (TPSA) is 31.5 Å². The average molecular weight is 290 g/mol. The van der Waals surface area contributed by atoms with Crippen LogP contribution >= 0.6 is 0 Å². The Labute approximate surface area is 110 Å². The van der Waals surface area contributed by atoms with Crippen LogP contribution in [0.15, 0.2) is 30.3 Å². The number of quaternary nitrogens is 1. The van der Waals surface area contributed by atoms with Crippen molar-refractivity contribution in [3.05, 3.63) is 35.9 Å². The van der Waals surface area contributed by atoms with E-state index in [4.69, 9.17) is 0 Å². The molecule has 0 spiro atoms. The lowest BCUT2D eigenvalue weighted by molar-refractivity contribution is -0.936. The standard InChI is InChI=1S/C13H22N.BrH.H2O/c1-4-14(5-2,6-3)12-13-10-8-7-9-11-13;;/h7-11H,4-6,12H2,1-3H3;1H;1H2/q+1;;/p-1. The second-order valence-electron chi connectivity index (χ2n) is 3.93. The minimum absolute atomic E-state index is 0. The van der Waals surface area contributed by atoms with E-state index in [1.807, 2.05) is 0 Å². The summed E-state index contributed by atoms with van der Waals surface area (Å²) in [7, 11) is 0. The van der Waals surface area contributed by atoms with Gasteiger partial charge in [0.2, 0.25) is 0 Å². The molecule has 0 atom stereocenters. The zero-order valence-electron chi connectivity index (χ0n) is 10.5. The molecule has 1 rings (SSSR count). The third-order valence-corrected chi connectivity index (χ3v) is 3.37. The normalized spacial score (nSPS) is 10.2. The van der Waals surface area contributed by atoms with Gasteiger partial charge in [-0.2, -0.15) is 0 Å². The third-order valence-electron chi connectivity index (χ3n) is 3.37. The molecule has 0 saturated heterocycles. The summed E-state index contributed by atoms with van der Waals surface area (Å²) in [6.45, 7) is 11.7. The molecule has 2 nitrogen and oxygen atoms in total. The van der Waals surface area contributed by atoms with Crippen molar-refractivity contribution in [2.45, 2.75) is 27.3 Å². The van der Waals surface area contributed by atoms with E-state index in [-0.39, 0.29) is 22.5 Å². The Bertz CT molecular complexity index is 252. The predicted octanol–water partition coefficient (Wildman–Crippen LogP) is -0.758. The van der Waals surface area contributed by atoms with Gasteiger partial charge in [-0.25, -0.2) is 0 Å². The van der Waals surface area contributed by atoms with Crippen molar-refractivity contribution >= 4 is 0 Å². The summed E-state index contributed by atoms with van der Waals surface area (Å²) >= 11 is 0. The molecule has 94 valence electrons. The van der Waals surface area contributed by atoms with Crippen LogP contribution in [0.5, 0.6) is 0 Å². The van der Waals surface area contributed by atoms with Crippen LogP contribution in [0.1, 0.15) is 26.3 Å². The van der Waals surface area contributed by atoms with Gasteiger partial charge >= 0.3 is 0 Å². The van der Waals surface area contributed by atoms with E-state index < -0.39 is 0 Å². The number of hydrogen-bond acceptors (Lipinski definition) is 0. The van der Waals surface area contributed by atoms with Gasteiger partial charge in [-0.05, 0) is 20.8 Å². The van der Waals surface area contributed by atoms with Crippen LogP contribution in [0.3, 0.4) is 0 Å². The van der Waals surface area contributed by atoms with E-state index in [0.717, 1.165) is 0 Å². The van der Waals surface area contributed by atoms with Crippen molar-refractivity contribution in [3.8, 4) is 0 Å². The van der Waals surface area contributed by atoms with Gasteiger partial charge in [-0.1, -0.05) is 30.3 Å². The van der Waals surface area contributed by atoms with Gasteiger partial charge in [0, 0.05) is 5.56 Å². The van der Waals surface area contributed by atoms with Gasteiger partial charge in [-0.3, -0.25) is 0 Å². The lowest BCUT2D eigenvalue weighted by Gasteiger charge is -2.35. The quantitative estimate of drug-likeness (QED) is 0.639. The molecule has 2 N–H and O–H groups in total. The van der Waals surface area contributed by atoms with Crippen LogP contribution in [-0.2, 0) is 6.54 Å². The second kappa shape index (κ2) is 8.74. The number of benzene rings is 1. The van der Waals surface area contributed by atoms with Crippen molar-refractivity contribution in [1.82, 2.24) is 0 Å². The van der Waals surface area contributed by atoms with Crippen LogP contribution in [0.4, 0.5) is 0 Å². The van der Waals surface area contributed by atoms with Gasteiger partial charge in [0.1, 0.15) is 6.54 Å². The molecule has 0 unspecified atom stereocenters. The molecule has 0 fully saturated rings. The van der Waals surface area contributed by atoms with E-state index >= 15 is 0 Å². The van der Waals surface area contributed by atoms with E-state index in [9.17, 15) is 0 Å². The summed E-state index contributed by atoms with van der Waals surface area (Å²) in [6, 6.07) is 10.8. The molecule has 1 aromatic rings. The van der Waals surface area contributed by atoms with Crippen LogP contribution in [0.2, 0.25) is 0 Å². The van der Waals surface area contributed by atoms with Gasteiger partial charge in [0.05, 0.1) is 19.6 Å². The second-order valence-corrected chi connectivity index (χ2v) is 3.93. The van der Waals surface area contributed by atoms with Crippen molar-refractivity contribution in [1.29, 1.82) is 0 Å². The molecule has 0 aromatic heterocycles. The first kappa shape index (κ1) is 18.0. The monoisotopic (exact) mass is 289 g/mol. The lowest BCUT2D eigenvalue weighted by Crippen LogP contribution is -3.00. The zero-order chi connectivity index (χ0) is 10.4. The fourth-order valence-corrected chi connectivity index (χ4v) is 1.98. The smallest absolute Gasteiger partial charge is 0.104 e. The summed E-state index contributed by atoms with van der Waals surface area (Å²) in [6.07, 6.45) is 0.